The lowest BCUT2D eigenvalue weighted by Gasteiger charge is -2.12. The molecule has 100 valence electrons. The topological polar surface area (TPSA) is 73.6 Å². The van der Waals surface area contributed by atoms with Crippen molar-refractivity contribution in [2.75, 3.05) is 32.6 Å². The molecule has 0 aliphatic heterocycles. The van der Waals surface area contributed by atoms with Crippen molar-refractivity contribution in [3.05, 3.63) is 23.3 Å². The highest BCUT2D eigenvalue weighted by atomic mass is 16.5. The minimum absolute atomic E-state index is 0.00465. The number of carbonyl (C=O) groups is 1. The van der Waals surface area contributed by atoms with Gasteiger partial charge in [-0.2, -0.15) is 0 Å². The van der Waals surface area contributed by atoms with E-state index in [0.29, 0.717) is 24.6 Å². The van der Waals surface area contributed by atoms with Gasteiger partial charge in [-0.25, -0.2) is 0 Å². The van der Waals surface area contributed by atoms with Crippen molar-refractivity contribution < 1.29 is 14.3 Å². The number of benzene rings is 1. The fourth-order valence-corrected chi connectivity index (χ4v) is 1.69. The number of aryl methyl sites for hydroxylation is 2. The number of rotatable bonds is 6. The molecule has 18 heavy (non-hydrogen) atoms. The number of nitrogens with one attached hydrogen (secondary N) is 1. The van der Waals surface area contributed by atoms with E-state index in [2.05, 4.69) is 5.32 Å². The SMILES string of the molecule is COCCNC(=O)COc1c(C)cc(N)cc1C. The molecule has 1 rings (SSSR count). The van der Waals surface area contributed by atoms with Crippen LogP contribution in [0.25, 0.3) is 0 Å². The van der Waals surface area contributed by atoms with Crippen LogP contribution in [0.15, 0.2) is 12.1 Å². The molecule has 3 N–H and O–H groups in total. The van der Waals surface area contributed by atoms with Crippen molar-refractivity contribution in [3.63, 3.8) is 0 Å². The van der Waals surface area contributed by atoms with Crippen LogP contribution >= 0.6 is 0 Å². The second-order valence-corrected chi connectivity index (χ2v) is 4.12. The number of hydrogen-bond donors (Lipinski definition) is 2. The molecule has 0 aliphatic carbocycles. The number of ether oxygens (including phenoxy) is 2. The largest absolute Gasteiger partial charge is 0.483 e. The molecule has 0 radical (unpaired) electrons. The van der Waals surface area contributed by atoms with Gasteiger partial charge in [-0.3, -0.25) is 4.79 Å². The summed E-state index contributed by atoms with van der Waals surface area (Å²) in [7, 11) is 1.59. The van der Waals surface area contributed by atoms with Gasteiger partial charge in [0.05, 0.1) is 6.61 Å². The molecular weight excluding hydrogens is 232 g/mol. The Morgan fingerprint density at radius 3 is 2.50 bits per heavy atom. The zero-order valence-electron chi connectivity index (χ0n) is 11.1. The Morgan fingerprint density at radius 2 is 1.94 bits per heavy atom. The van der Waals surface area contributed by atoms with E-state index < -0.39 is 0 Å². The van der Waals surface area contributed by atoms with E-state index in [-0.39, 0.29) is 12.5 Å². The summed E-state index contributed by atoms with van der Waals surface area (Å²) in [4.78, 5) is 11.5. The van der Waals surface area contributed by atoms with Gasteiger partial charge in [-0.1, -0.05) is 0 Å². The molecular formula is C13H20N2O3. The molecule has 0 aliphatic rings. The van der Waals surface area contributed by atoms with E-state index in [4.69, 9.17) is 15.2 Å². The normalized spacial score (nSPS) is 10.2. The van der Waals surface area contributed by atoms with E-state index in [1.807, 2.05) is 26.0 Å². The lowest BCUT2D eigenvalue weighted by molar-refractivity contribution is -0.123. The number of nitrogens with two attached hydrogens (primary N) is 1. The Morgan fingerprint density at radius 1 is 1.33 bits per heavy atom. The van der Waals surface area contributed by atoms with Crippen LogP contribution in [0.3, 0.4) is 0 Å². The smallest absolute Gasteiger partial charge is 0.258 e. The molecule has 0 aromatic heterocycles. The Bertz CT molecular complexity index is 396. The van der Waals surface area contributed by atoms with Gasteiger partial charge in [0, 0.05) is 19.3 Å². The third kappa shape index (κ3) is 4.25. The van der Waals surface area contributed by atoms with Gasteiger partial charge in [0.2, 0.25) is 0 Å². The van der Waals surface area contributed by atoms with Gasteiger partial charge in [0.25, 0.3) is 5.91 Å². The van der Waals surface area contributed by atoms with Crippen molar-refractivity contribution >= 4 is 11.6 Å². The minimum Gasteiger partial charge on any atom is -0.483 e. The van der Waals surface area contributed by atoms with E-state index in [1.165, 1.54) is 0 Å². The third-order valence-electron chi connectivity index (χ3n) is 2.46. The maximum Gasteiger partial charge on any atom is 0.258 e. The number of carbonyl (C=O) groups excluding carboxylic acids is 1. The first kappa shape index (κ1) is 14.3. The molecule has 5 nitrogen and oxygen atoms in total. The van der Waals surface area contributed by atoms with Crippen LogP contribution in [0.4, 0.5) is 5.69 Å². The summed E-state index contributed by atoms with van der Waals surface area (Å²) in [6, 6.07) is 3.65. The molecule has 1 aromatic carbocycles. The number of anilines is 1. The highest BCUT2D eigenvalue weighted by Gasteiger charge is 2.08. The lowest BCUT2D eigenvalue weighted by atomic mass is 10.1. The fraction of sp³-hybridized carbons (Fsp3) is 0.462. The predicted molar refractivity (Wildman–Crippen MR) is 70.7 cm³/mol. The van der Waals surface area contributed by atoms with Gasteiger partial charge in [-0.05, 0) is 37.1 Å². The van der Waals surface area contributed by atoms with Gasteiger partial charge < -0.3 is 20.5 Å². The van der Waals surface area contributed by atoms with Crippen molar-refractivity contribution in [2.45, 2.75) is 13.8 Å². The number of nitrogen functional groups attached to an aromatic ring is 1. The molecule has 0 heterocycles. The molecule has 5 heteroatoms. The first-order valence-corrected chi connectivity index (χ1v) is 5.79. The first-order chi connectivity index (χ1) is 8.54. The summed E-state index contributed by atoms with van der Waals surface area (Å²) in [5.41, 5.74) is 8.27. The number of hydrogen-bond acceptors (Lipinski definition) is 4. The second-order valence-electron chi connectivity index (χ2n) is 4.12. The summed E-state index contributed by atoms with van der Waals surface area (Å²) in [5.74, 6) is 0.550. The van der Waals surface area contributed by atoms with Crippen LogP contribution in [-0.2, 0) is 9.53 Å². The maximum atomic E-state index is 11.5. The molecule has 1 amide bonds. The molecule has 1 aromatic rings. The molecule has 0 fully saturated rings. The van der Waals surface area contributed by atoms with Crippen LogP contribution in [0.2, 0.25) is 0 Å². The molecule has 0 bridgehead atoms. The van der Waals surface area contributed by atoms with Crippen LogP contribution in [-0.4, -0.2) is 32.8 Å². The van der Waals surface area contributed by atoms with E-state index in [0.717, 1.165) is 11.1 Å². The lowest BCUT2D eigenvalue weighted by Crippen LogP contribution is -2.31. The summed E-state index contributed by atoms with van der Waals surface area (Å²) in [6.45, 7) is 4.78. The van der Waals surface area contributed by atoms with Crippen molar-refractivity contribution in [2.24, 2.45) is 0 Å². The Hall–Kier alpha value is -1.75. The van der Waals surface area contributed by atoms with E-state index in [1.54, 1.807) is 7.11 Å². The maximum absolute atomic E-state index is 11.5. The average molecular weight is 252 g/mol. The average Bonchev–Trinajstić information content (AvgIpc) is 2.27. The molecule has 0 unspecified atom stereocenters. The highest BCUT2D eigenvalue weighted by Crippen LogP contribution is 2.25. The zero-order valence-corrected chi connectivity index (χ0v) is 11.1. The van der Waals surface area contributed by atoms with Gasteiger partial charge >= 0.3 is 0 Å². The van der Waals surface area contributed by atoms with Gasteiger partial charge in [0.1, 0.15) is 5.75 Å². The predicted octanol–water partition coefficient (Wildman–Crippen LogP) is 1.03. The number of methoxy groups -OCH3 is 1. The highest BCUT2D eigenvalue weighted by molar-refractivity contribution is 5.77. The third-order valence-corrected chi connectivity index (χ3v) is 2.46. The van der Waals surface area contributed by atoms with E-state index in [9.17, 15) is 4.79 Å². The van der Waals surface area contributed by atoms with Crippen LogP contribution in [0.5, 0.6) is 5.75 Å². The molecule has 0 spiro atoms. The second kappa shape index (κ2) is 6.86. The van der Waals surface area contributed by atoms with Crippen molar-refractivity contribution in [3.8, 4) is 5.75 Å². The number of amides is 1. The Kier molecular flexibility index (Phi) is 5.45. The van der Waals surface area contributed by atoms with E-state index >= 15 is 0 Å². The fourth-order valence-electron chi connectivity index (χ4n) is 1.69. The molecule has 0 atom stereocenters. The quantitative estimate of drug-likeness (QED) is 0.586. The summed E-state index contributed by atoms with van der Waals surface area (Å²) in [5, 5.41) is 2.69. The van der Waals surface area contributed by atoms with Crippen LogP contribution in [0, 0.1) is 13.8 Å². The van der Waals surface area contributed by atoms with Crippen LogP contribution in [0.1, 0.15) is 11.1 Å². The Balaban J connectivity index is 2.51. The first-order valence-electron chi connectivity index (χ1n) is 5.79. The summed E-state index contributed by atoms with van der Waals surface area (Å²) in [6.07, 6.45) is 0. The van der Waals surface area contributed by atoms with Gasteiger partial charge in [-0.15, -0.1) is 0 Å². The summed E-state index contributed by atoms with van der Waals surface area (Å²) < 4.78 is 10.3. The van der Waals surface area contributed by atoms with Crippen LogP contribution < -0.4 is 15.8 Å². The van der Waals surface area contributed by atoms with Gasteiger partial charge in [0.15, 0.2) is 6.61 Å². The molecule has 0 saturated carbocycles. The van der Waals surface area contributed by atoms with Crippen molar-refractivity contribution in [1.29, 1.82) is 0 Å². The van der Waals surface area contributed by atoms with Crippen molar-refractivity contribution in [1.82, 2.24) is 5.32 Å². The summed E-state index contributed by atoms with van der Waals surface area (Å²) >= 11 is 0. The monoisotopic (exact) mass is 252 g/mol. The molecule has 0 saturated heterocycles. The standard InChI is InChI=1S/C13H20N2O3/c1-9-6-11(14)7-10(2)13(9)18-8-12(16)15-4-5-17-3/h6-7H,4-5,8,14H2,1-3H3,(H,15,16). The minimum atomic E-state index is -0.164. The zero-order chi connectivity index (χ0) is 13.5. The Labute approximate surface area is 107 Å².